The van der Waals surface area contributed by atoms with Crippen LogP contribution >= 0.6 is 0 Å². The van der Waals surface area contributed by atoms with Crippen LogP contribution in [0.25, 0.3) is 0 Å². The molecule has 0 N–H and O–H groups in total. The third-order valence-corrected chi connectivity index (χ3v) is 8.20. The van der Waals surface area contributed by atoms with Crippen LogP contribution in [-0.2, 0) is 55.6 Å². The summed E-state index contributed by atoms with van der Waals surface area (Å²) in [6, 6.07) is 0. The second-order valence-corrected chi connectivity index (χ2v) is 12.2. The Morgan fingerprint density at radius 2 is 0.524 bits per heavy atom. The summed E-state index contributed by atoms with van der Waals surface area (Å²) in [5.41, 5.74) is 0. The maximum atomic E-state index is 11.9. The Morgan fingerprint density at radius 3 is 0.714 bits per heavy atom. The molecule has 0 radical (unpaired) electrons. The van der Waals surface area contributed by atoms with Gasteiger partial charge in [-0.25, -0.2) is 0 Å². The summed E-state index contributed by atoms with van der Waals surface area (Å²) in [4.78, 5) is 23.8. The van der Waals surface area contributed by atoms with Crippen LogP contribution in [-0.4, -0.2) is 11.9 Å². The zero-order chi connectivity index (χ0) is 30.5. The second-order valence-electron chi connectivity index (χ2n) is 12.2. The number of hydrogen-bond donors (Lipinski definition) is 0. The van der Waals surface area contributed by atoms with Gasteiger partial charge in [0.05, 0.1) is 0 Å². The van der Waals surface area contributed by atoms with Crippen LogP contribution in [0.5, 0.6) is 0 Å². The van der Waals surface area contributed by atoms with Crippen molar-refractivity contribution in [2.24, 2.45) is 0 Å². The van der Waals surface area contributed by atoms with Gasteiger partial charge in [-0.1, -0.05) is 194 Å². The molecular weight excluding hydrogens is 627 g/mol. The quantitative estimate of drug-likeness (QED) is 0.0304. The number of carbonyl (C=O) groups is 2. The molecule has 0 aliphatic rings. The number of esters is 2. The molecule has 0 aromatic heterocycles. The summed E-state index contributed by atoms with van der Waals surface area (Å²) >= 11 is 0.125. The Kier molecular flexibility index (Phi) is 48.1. The van der Waals surface area contributed by atoms with Gasteiger partial charge in [-0.05, 0) is 12.8 Å². The Bertz CT molecular complexity index is 487. The summed E-state index contributed by atoms with van der Waals surface area (Å²) in [6.07, 6.45) is 40.1. The van der Waals surface area contributed by atoms with Crippen molar-refractivity contribution < 1.29 is 55.6 Å². The molecule has 0 aromatic carbocycles. The number of rotatable bonds is 32. The topological polar surface area (TPSA) is 60.4 Å². The molecule has 0 spiro atoms. The Morgan fingerprint density at radius 1 is 0.357 bits per heavy atom. The van der Waals surface area contributed by atoms with Crippen LogP contribution < -0.4 is 0 Å². The fraction of sp³-hybridized carbons (Fsp3) is 0.944. The first-order valence-corrected chi connectivity index (χ1v) is 19.4. The van der Waals surface area contributed by atoms with Crippen molar-refractivity contribution >= 4 is 11.9 Å². The molecule has 0 aromatic rings. The van der Waals surface area contributed by atoms with Crippen LogP contribution in [0.3, 0.4) is 0 Å². The second kappa shape index (κ2) is 43.3. The molecule has 0 saturated heterocycles. The minimum Gasteiger partial charge on any atom is 0 e. The molecule has 0 saturated carbocycles. The van der Waals surface area contributed by atoms with Gasteiger partial charge in [-0.15, -0.1) is 0 Å². The van der Waals surface area contributed by atoms with E-state index in [-0.39, 0.29) is 49.7 Å². The average molecular weight is 698 g/mol. The van der Waals surface area contributed by atoms with Gasteiger partial charge in [-0.2, -0.15) is 0 Å². The summed E-state index contributed by atoms with van der Waals surface area (Å²) in [7, 11) is 0. The third kappa shape index (κ3) is 42.3. The maximum absolute atomic E-state index is 11.9. The minimum atomic E-state index is -0.323. The van der Waals surface area contributed by atoms with E-state index in [1.54, 1.807) is 0 Å². The molecule has 0 rings (SSSR count). The van der Waals surface area contributed by atoms with Crippen molar-refractivity contribution in [2.75, 3.05) is 0 Å². The van der Waals surface area contributed by atoms with Gasteiger partial charge < -0.3 is 4.74 Å². The van der Waals surface area contributed by atoms with Crippen LogP contribution in [0.15, 0.2) is 0 Å². The fourth-order valence-corrected chi connectivity index (χ4v) is 5.51. The third-order valence-electron chi connectivity index (χ3n) is 8.20. The van der Waals surface area contributed by atoms with Crippen LogP contribution in [0, 0.1) is 0 Å². The standard InChI is InChI=1S/C36H70O3.O.2Zn/c1-3-5-7-9-11-13-15-17-19-21-23-25-27-29-31-33-35(37)39-36(38)34-32-30-28-26-24-22-20-18-16-14-12-10-8-6-4-2;;;/h3-34H2,1-2H3;;;. The van der Waals surface area contributed by atoms with E-state index in [0.717, 1.165) is 25.7 Å². The normalized spacial score (nSPS) is 10.6. The molecule has 0 heterocycles. The van der Waals surface area contributed by atoms with Crippen molar-refractivity contribution in [1.29, 1.82) is 0 Å². The average Bonchev–Trinajstić information content (AvgIpc) is 2.98. The van der Waals surface area contributed by atoms with E-state index < -0.39 is 0 Å². The van der Waals surface area contributed by atoms with Crippen LogP contribution in [0.2, 0.25) is 0 Å². The summed E-state index contributed by atoms with van der Waals surface area (Å²) in [6.45, 7) is 4.55. The number of ether oxygens (including phenoxy) is 1. The van der Waals surface area contributed by atoms with E-state index in [0.29, 0.717) is 12.8 Å². The smallest absolute Gasteiger partial charge is 0 e. The van der Waals surface area contributed by atoms with E-state index in [2.05, 4.69) is 13.8 Å². The maximum Gasteiger partial charge on any atom is 0 e. The molecule has 0 fully saturated rings. The van der Waals surface area contributed by atoms with E-state index in [1.165, 1.54) is 167 Å². The van der Waals surface area contributed by atoms with Crippen molar-refractivity contribution in [1.82, 2.24) is 0 Å². The first-order chi connectivity index (χ1) is 20.2. The minimum absolute atomic E-state index is 0. The molecule has 0 amide bonds. The fourth-order valence-electron chi connectivity index (χ4n) is 5.51. The molecule has 0 atom stereocenters. The Hall–Kier alpha value is 0.187. The van der Waals surface area contributed by atoms with Gasteiger partial charge in [-0.3, -0.25) is 9.59 Å². The predicted octanol–water partition coefficient (Wildman–Crippen LogP) is 12.5. The van der Waals surface area contributed by atoms with Crippen LogP contribution in [0.4, 0.5) is 0 Å². The van der Waals surface area contributed by atoms with Crippen molar-refractivity contribution in [3.05, 3.63) is 0 Å². The van der Waals surface area contributed by atoms with Gasteiger partial charge in [0.15, 0.2) is 0 Å². The number of carbonyl (C=O) groups excluding carboxylic acids is 2. The molecule has 0 bridgehead atoms. The van der Waals surface area contributed by atoms with Crippen molar-refractivity contribution in [3.8, 4) is 0 Å². The zero-order valence-electron chi connectivity index (χ0n) is 28.7. The summed E-state index contributed by atoms with van der Waals surface area (Å²) in [5.74, 6) is -0.647. The Labute approximate surface area is 285 Å². The predicted molar refractivity (Wildman–Crippen MR) is 171 cm³/mol. The van der Waals surface area contributed by atoms with Gasteiger partial charge in [0.1, 0.15) is 0 Å². The first kappa shape index (κ1) is 46.6. The molecule has 0 unspecified atom stereocenters. The molecule has 0 aliphatic heterocycles. The van der Waals surface area contributed by atoms with Gasteiger partial charge in [0.25, 0.3) is 0 Å². The number of hydrogen-bond acceptors (Lipinski definition) is 4. The van der Waals surface area contributed by atoms with Gasteiger partial charge in [0.2, 0.25) is 0 Å². The summed E-state index contributed by atoms with van der Waals surface area (Å²) in [5, 5.41) is 0. The monoisotopic (exact) mass is 694 g/mol. The summed E-state index contributed by atoms with van der Waals surface area (Å²) < 4.78 is 13.4. The molecule has 42 heavy (non-hydrogen) atoms. The van der Waals surface area contributed by atoms with E-state index in [4.69, 9.17) is 8.31 Å². The van der Waals surface area contributed by atoms with E-state index in [9.17, 15) is 9.59 Å². The largest absolute Gasteiger partial charge is 0 e. The van der Waals surface area contributed by atoms with Gasteiger partial charge in [0, 0.05) is 32.3 Å². The van der Waals surface area contributed by atoms with Crippen molar-refractivity contribution in [3.63, 3.8) is 0 Å². The van der Waals surface area contributed by atoms with Crippen molar-refractivity contribution in [2.45, 2.75) is 219 Å². The molecule has 242 valence electrons. The first-order valence-electron chi connectivity index (χ1n) is 18.2. The molecule has 4 nitrogen and oxygen atoms in total. The molecule has 6 heteroatoms. The SMILES string of the molecule is CCCCCCCCCCCCCCCCCC(=O)OC(=O)CCCCCCCCCCCCCCCCC.[O]=[Zn].[Zn]. The number of unbranched alkanes of at least 4 members (excludes halogenated alkanes) is 28. The zero-order valence-corrected chi connectivity index (χ0v) is 34.6. The van der Waals surface area contributed by atoms with E-state index in [1.807, 2.05) is 0 Å². The van der Waals surface area contributed by atoms with Gasteiger partial charge >= 0.3 is 33.8 Å². The van der Waals surface area contributed by atoms with E-state index >= 15 is 0 Å². The van der Waals surface area contributed by atoms with Crippen LogP contribution in [0.1, 0.15) is 219 Å². The Balaban J connectivity index is -0.00000495. The molecule has 0 aliphatic carbocycles. The molecular formula is C36H70O4Zn2.